The lowest BCUT2D eigenvalue weighted by molar-refractivity contribution is 0.462. The summed E-state index contributed by atoms with van der Waals surface area (Å²) in [6.07, 6.45) is 4.49. The van der Waals surface area contributed by atoms with Gasteiger partial charge in [-0.25, -0.2) is 8.42 Å². The SMILES string of the molecule is CC(c1cn(Cc2ccccc2)c2ccc(C(C#N)S(=O)(=O)N(C)Cc3ccccc3)cc12)C1CCCN1. The third-order valence-electron chi connectivity index (χ3n) is 7.72. The summed E-state index contributed by atoms with van der Waals surface area (Å²) >= 11 is 0. The first-order valence-corrected chi connectivity index (χ1v) is 14.7. The summed E-state index contributed by atoms with van der Waals surface area (Å²) in [4.78, 5) is 0. The highest BCUT2D eigenvalue weighted by Gasteiger charge is 2.32. The van der Waals surface area contributed by atoms with Gasteiger partial charge in [0.05, 0.1) is 6.07 Å². The van der Waals surface area contributed by atoms with Gasteiger partial charge in [-0.3, -0.25) is 0 Å². The highest BCUT2D eigenvalue weighted by molar-refractivity contribution is 7.89. The molecule has 0 amide bonds. The molecule has 3 atom stereocenters. The lowest BCUT2D eigenvalue weighted by Gasteiger charge is -2.21. The molecule has 1 N–H and O–H groups in total. The van der Waals surface area contributed by atoms with Gasteiger partial charge in [0.25, 0.3) is 0 Å². The van der Waals surface area contributed by atoms with Gasteiger partial charge in [-0.1, -0.05) is 73.7 Å². The second-order valence-electron chi connectivity index (χ2n) is 10.3. The summed E-state index contributed by atoms with van der Waals surface area (Å²) < 4.78 is 30.7. The quantitative estimate of drug-likeness (QED) is 0.309. The van der Waals surface area contributed by atoms with Gasteiger partial charge in [-0.15, -0.1) is 0 Å². The van der Waals surface area contributed by atoms with E-state index in [0.29, 0.717) is 11.6 Å². The third kappa shape index (κ3) is 5.25. The summed E-state index contributed by atoms with van der Waals surface area (Å²) in [5.41, 5.74) is 4.81. The van der Waals surface area contributed by atoms with Crippen molar-refractivity contribution in [3.8, 4) is 6.07 Å². The zero-order chi connectivity index (χ0) is 26.7. The van der Waals surface area contributed by atoms with Crippen LogP contribution in [0.4, 0.5) is 0 Å². The molecule has 1 aliphatic heterocycles. The highest BCUT2D eigenvalue weighted by atomic mass is 32.2. The molecule has 0 saturated carbocycles. The standard InChI is InChI=1S/C31H34N4O2S/c1-23(29-14-9-17-33-29)28-22-35(21-25-12-7-4-8-13-25)30-16-15-26(18-27(28)30)31(19-32)38(36,37)34(2)20-24-10-5-3-6-11-24/h3-8,10-13,15-16,18,22-23,29,31,33H,9,14,17,20-21H2,1-2H3. The Morgan fingerprint density at radius 2 is 1.74 bits per heavy atom. The number of nitriles is 1. The van der Waals surface area contributed by atoms with E-state index in [-0.39, 0.29) is 12.5 Å². The van der Waals surface area contributed by atoms with Gasteiger partial charge in [-0.05, 0) is 59.7 Å². The molecule has 38 heavy (non-hydrogen) atoms. The Morgan fingerprint density at radius 3 is 2.37 bits per heavy atom. The molecule has 5 rings (SSSR count). The average Bonchev–Trinajstić information content (AvgIpc) is 3.59. The van der Waals surface area contributed by atoms with Gasteiger partial charge in [0.2, 0.25) is 10.0 Å². The minimum atomic E-state index is -3.91. The Kier molecular flexibility index (Phi) is 7.66. The van der Waals surface area contributed by atoms with E-state index >= 15 is 0 Å². The number of sulfonamides is 1. The van der Waals surface area contributed by atoms with E-state index in [1.54, 1.807) is 13.1 Å². The maximum Gasteiger partial charge on any atom is 0.234 e. The van der Waals surface area contributed by atoms with E-state index in [1.165, 1.54) is 15.4 Å². The van der Waals surface area contributed by atoms with Crippen LogP contribution in [-0.2, 0) is 23.1 Å². The van der Waals surface area contributed by atoms with E-state index in [0.717, 1.165) is 42.4 Å². The third-order valence-corrected chi connectivity index (χ3v) is 9.70. The van der Waals surface area contributed by atoms with Crippen LogP contribution in [0, 0.1) is 11.3 Å². The minimum Gasteiger partial charge on any atom is -0.343 e. The van der Waals surface area contributed by atoms with Gasteiger partial charge in [0.1, 0.15) is 0 Å². The molecule has 0 bridgehead atoms. The summed E-state index contributed by atoms with van der Waals surface area (Å²) in [5, 5.41) is 13.4. The Balaban J connectivity index is 1.54. The number of hydrogen-bond acceptors (Lipinski definition) is 4. The van der Waals surface area contributed by atoms with Crippen molar-refractivity contribution in [1.82, 2.24) is 14.2 Å². The molecule has 1 saturated heterocycles. The van der Waals surface area contributed by atoms with E-state index in [2.05, 4.69) is 41.2 Å². The fourth-order valence-corrected chi connectivity index (χ4v) is 6.87. The van der Waals surface area contributed by atoms with Crippen LogP contribution in [0.15, 0.2) is 85.1 Å². The molecule has 1 aliphatic rings. The molecular weight excluding hydrogens is 492 g/mol. The predicted molar refractivity (Wildman–Crippen MR) is 152 cm³/mol. The van der Waals surface area contributed by atoms with Crippen LogP contribution in [0.5, 0.6) is 0 Å². The molecule has 1 aromatic heterocycles. The molecule has 2 heterocycles. The van der Waals surface area contributed by atoms with Crippen LogP contribution in [0.1, 0.15) is 53.2 Å². The molecule has 3 aromatic carbocycles. The van der Waals surface area contributed by atoms with Crippen molar-refractivity contribution < 1.29 is 8.42 Å². The number of aromatic nitrogens is 1. The highest BCUT2D eigenvalue weighted by Crippen LogP contribution is 2.36. The second kappa shape index (κ2) is 11.1. The average molecular weight is 527 g/mol. The van der Waals surface area contributed by atoms with Crippen LogP contribution < -0.4 is 5.32 Å². The van der Waals surface area contributed by atoms with Crippen molar-refractivity contribution >= 4 is 20.9 Å². The van der Waals surface area contributed by atoms with E-state index in [9.17, 15) is 13.7 Å². The van der Waals surface area contributed by atoms with Gasteiger partial charge in [0, 0.05) is 43.3 Å². The minimum absolute atomic E-state index is 0.215. The second-order valence-corrected chi connectivity index (χ2v) is 12.4. The zero-order valence-electron chi connectivity index (χ0n) is 21.9. The van der Waals surface area contributed by atoms with E-state index < -0.39 is 15.3 Å². The van der Waals surface area contributed by atoms with E-state index in [1.807, 2.05) is 60.7 Å². The van der Waals surface area contributed by atoms with Crippen molar-refractivity contribution in [3.63, 3.8) is 0 Å². The normalized spacial score (nSPS) is 17.5. The molecule has 0 aliphatic carbocycles. The lowest BCUT2D eigenvalue weighted by atomic mass is 9.91. The van der Waals surface area contributed by atoms with Crippen LogP contribution in [0.2, 0.25) is 0 Å². The molecule has 1 fully saturated rings. The molecular formula is C31H34N4O2S. The Hall–Kier alpha value is -3.44. The van der Waals surface area contributed by atoms with Gasteiger partial charge in [0.15, 0.2) is 5.25 Å². The Morgan fingerprint density at radius 1 is 1.05 bits per heavy atom. The Bertz CT molecular complexity index is 1540. The van der Waals surface area contributed by atoms with Crippen molar-refractivity contribution in [3.05, 3.63) is 107 Å². The van der Waals surface area contributed by atoms with Crippen molar-refractivity contribution in [2.75, 3.05) is 13.6 Å². The van der Waals surface area contributed by atoms with Gasteiger partial charge in [-0.2, -0.15) is 9.57 Å². The maximum atomic E-state index is 13.6. The largest absolute Gasteiger partial charge is 0.343 e. The summed E-state index contributed by atoms with van der Waals surface area (Å²) in [7, 11) is -2.37. The molecule has 7 heteroatoms. The topological polar surface area (TPSA) is 78.1 Å². The molecule has 196 valence electrons. The first-order chi connectivity index (χ1) is 18.4. The smallest absolute Gasteiger partial charge is 0.234 e. The fourth-order valence-electron chi connectivity index (χ4n) is 5.56. The first kappa shape index (κ1) is 26.2. The summed E-state index contributed by atoms with van der Waals surface area (Å²) in [6.45, 7) is 4.20. The van der Waals surface area contributed by atoms with Crippen LogP contribution in [-0.4, -0.2) is 36.9 Å². The molecule has 0 radical (unpaired) electrons. The Labute approximate surface area is 225 Å². The molecule has 0 spiro atoms. The molecule has 4 aromatic rings. The molecule has 3 unspecified atom stereocenters. The van der Waals surface area contributed by atoms with Crippen LogP contribution >= 0.6 is 0 Å². The number of hydrogen-bond donors (Lipinski definition) is 1. The van der Waals surface area contributed by atoms with Crippen LogP contribution in [0.25, 0.3) is 10.9 Å². The summed E-state index contributed by atoms with van der Waals surface area (Å²) in [5.74, 6) is 0.255. The zero-order valence-corrected chi connectivity index (χ0v) is 22.7. The number of rotatable bonds is 9. The first-order valence-electron chi connectivity index (χ1n) is 13.2. The van der Waals surface area contributed by atoms with Crippen LogP contribution in [0.3, 0.4) is 0 Å². The monoisotopic (exact) mass is 526 g/mol. The maximum absolute atomic E-state index is 13.6. The van der Waals surface area contributed by atoms with Crippen molar-refractivity contribution in [2.24, 2.45) is 0 Å². The van der Waals surface area contributed by atoms with E-state index in [4.69, 9.17) is 0 Å². The fraction of sp³-hybridized carbons (Fsp3) is 0.323. The van der Waals surface area contributed by atoms with Crippen molar-refractivity contribution in [2.45, 2.75) is 50.1 Å². The van der Waals surface area contributed by atoms with Gasteiger partial charge < -0.3 is 9.88 Å². The lowest BCUT2D eigenvalue weighted by Crippen LogP contribution is -2.30. The summed E-state index contributed by atoms with van der Waals surface area (Å²) in [6, 6.07) is 27.9. The number of fused-ring (bicyclic) bond motifs is 1. The predicted octanol–water partition coefficient (Wildman–Crippen LogP) is 5.57. The number of nitrogens with zero attached hydrogens (tertiary/aromatic N) is 3. The molecule has 6 nitrogen and oxygen atoms in total. The number of nitrogens with one attached hydrogen (secondary N) is 1. The number of benzene rings is 3. The van der Waals surface area contributed by atoms with Crippen molar-refractivity contribution in [1.29, 1.82) is 5.26 Å². The van der Waals surface area contributed by atoms with Gasteiger partial charge >= 0.3 is 0 Å².